The van der Waals surface area contributed by atoms with Crippen molar-refractivity contribution >= 4 is 15.8 Å². The summed E-state index contributed by atoms with van der Waals surface area (Å²) in [4.78, 5) is 8.39. The molecular weight excluding hydrogens is 214 g/mol. The molecule has 0 amide bonds. The maximum atomic E-state index is 10.6. The zero-order chi connectivity index (χ0) is 10.9. The Balaban J connectivity index is 3.53. The van der Waals surface area contributed by atoms with Crippen molar-refractivity contribution in [1.82, 2.24) is 0 Å². The van der Waals surface area contributed by atoms with E-state index in [9.17, 15) is 18.5 Å². The summed E-state index contributed by atoms with van der Waals surface area (Å²) < 4.78 is 29.8. The molecule has 0 saturated carbocycles. The fourth-order valence-corrected chi connectivity index (χ4v) is 1.41. The number of benzene rings is 1. The Labute approximate surface area is 78.5 Å². The van der Waals surface area contributed by atoms with E-state index in [0.29, 0.717) is 12.1 Å². The van der Waals surface area contributed by atoms with Crippen molar-refractivity contribution in [2.45, 2.75) is 4.90 Å². The molecule has 0 saturated heterocycles. The van der Waals surface area contributed by atoms with Crippen LogP contribution in [0.3, 0.4) is 0 Å². The Morgan fingerprint density at radius 2 is 2.07 bits per heavy atom. The first-order chi connectivity index (χ1) is 6.32. The molecule has 7 nitrogen and oxygen atoms in total. The van der Waals surface area contributed by atoms with E-state index >= 15 is 0 Å². The summed E-state index contributed by atoms with van der Waals surface area (Å²) in [5, 5.41) is 19.1. The van der Waals surface area contributed by atoms with E-state index in [4.69, 9.17) is 9.66 Å². The van der Waals surface area contributed by atoms with Gasteiger partial charge >= 0.3 is 10.1 Å². The van der Waals surface area contributed by atoms with Crippen molar-refractivity contribution in [3.05, 3.63) is 28.3 Å². The second-order valence-electron chi connectivity index (χ2n) is 2.30. The summed E-state index contributed by atoms with van der Waals surface area (Å²) >= 11 is 0. The maximum absolute atomic E-state index is 10.6. The van der Waals surface area contributed by atoms with Gasteiger partial charge in [-0.25, -0.2) is 0 Å². The summed E-state index contributed by atoms with van der Waals surface area (Å²) in [6.45, 7) is 0. The molecule has 0 bridgehead atoms. The van der Waals surface area contributed by atoms with E-state index in [1.165, 1.54) is 0 Å². The van der Waals surface area contributed by atoms with Crippen LogP contribution in [-0.4, -0.2) is 23.0 Å². The van der Waals surface area contributed by atoms with Gasteiger partial charge in [0.05, 0.1) is 11.0 Å². The number of hydrogen-bond donors (Lipinski definition) is 2. The second-order valence-corrected chi connectivity index (χ2v) is 3.69. The average molecular weight is 218 g/mol. The highest BCUT2D eigenvalue weighted by atomic mass is 32.2. The Morgan fingerprint density at radius 3 is 2.50 bits per heavy atom. The number of hydrogen-bond acceptors (Lipinski definition) is 5. The minimum atomic E-state index is -4.68. The lowest BCUT2D eigenvalue weighted by atomic mass is 10.3. The van der Waals surface area contributed by atoms with Crippen molar-refractivity contribution < 1.29 is 23.0 Å². The van der Waals surface area contributed by atoms with Crippen molar-refractivity contribution in [2.75, 3.05) is 0 Å². The Morgan fingerprint density at radius 1 is 1.50 bits per heavy atom. The molecule has 0 aliphatic rings. The number of nitrogens with zero attached hydrogens (tertiary/aromatic N) is 1. The minimum absolute atomic E-state index is 0.580. The molecule has 75 valence electrons. The standard InChI is InChI=1S/C6H4NO6S/c8-4-1-2-6(14(11,12)13)5(3-4)7(9)10/h2-3,8H,(H,11,12,13). The van der Waals surface area contributed by atoms with Crippen LogP contribution < -0.4 is 0 Å². The summed E-state index contributed by atoms with van der Waals surface area (Å²) in [5.41, 5.74) is -0.899. The van der Waals surface area contributed by atoms with Gasteiger partial charge in [-0.15, -0.1) is 0 Å². The van der Waals surface area contributed by atoms with Crippen molar-refractivity contribution in [2.24, 2.45) is 0 Å². The van der Waals surface area contributed by atoms with Gasteiger partial charge in [0.1, 0.15) is 5.75 Å². The molecule has 1 rings (SSSR count). The Bertz CT molecular complexity index is 479. The normalized spacial score (nSPS) is 11.2. The highest BCUT2D eigenvalue weighted by molar-refractivity contribution is 7.86. The quantitative estimate of drug-likeness (QED) is 0.420. The first kappa shape index (κ1) is 10.4. The van der Waals surface area contributed by atoms with Gasteiger partial charge in [0, 0.05) is 6.07 Å². The third-order valence-corrected chi connectivity index (χ3v) is 2.23. The SMILES string of the molecule is O=[N+]([O-])c1cc(O)[c]cc1S(=O)(=O)O. The van der Waals surface area contributed by atoms with Crippen LogP contribution in [0.5, 0.6) is 5.75 Å². The van der Waals surface area contributed by atoms with E-state index in [1.807, 2.05) is 6.07 Å². The predicted octanol–water partition coefficient (Wildman–Crippen LogP) is 0.347. The molecule has 0 aliphatic heterocycles. The van der Waals surface area contributed by atoms with Gasteiger partial charge in [-0.05, 0) is 6.07 Å². The maximum Gasteiger partial charge on any atom is 0.301 e. The van der Waals surface area contributed by atoms with E-state index in [0.717, 1.165) is 0 Å². The molecule has 1 aromatic rings. The summed E-state index contributed by atoms with van der Waals surface area (Å²) in [6.07, 6.45) is 0. The third kappa shape index (κ3) is 1.98. The second kappa shape index (κ2) is 3.24. The van der Waals surface area contributed by atoms with Crippen molar-refractivity contribution in [3.8, 4) is 5.75 Å². The van der Waals surface area contributed by atoms with Crippen molar-refractivity contribution in [1.29, 1.82) is 0 Å². The van der Waals surface area contributed by atoms with Crippen LogP contribution in [0.2, 0.25) is 0 Å². The van der Waals surface area contributed by atoms with E-state index < -0.39 is 31.4 Å². The molecular formula is C6H4NO6S. The zero-order valence-electron chi connectivity index (χ0n) is 6.54. The molecule has 0 aromatic heterocycles. The van der Waals surface area contributed by atoms with Gasteiger partial charge in [0.15, 0.2) is 4.90 Å². The highest BCUT2D eigenvalue weighted by Crippen LogP contribution is 2.26. The number of aromatic hydroxyl groups is 1. The van der Waals surface area contributed by atoms with Crippen LogP contribution in [0.25, 0.3) is 0 Å². The number of nitro groups is 1. The van der Waals surface area contributed by atoms with Gasteiger partial charge in [-0.2, -0.15) is 8.42 Å². The van der Waals surface area contributed by atoms with Gasteiger partial charge in [-0.1, -0.05) is 0 Å². The summed E-state index contributed by atoms with van der Waals surface area (Å²) in [6, 6.07) is 3.23. The minimum Gasteiger partial charge on any atom is -0.507 e. The van der Waals surface area contributed by atoms with E-state index in [1.54, 1.807) is 0 Å². The van der Waals surface area contributed by atoms with Gasteiger partial charge in [0.2, 0.25) is 0 Å². The van der Waals surface area contributed by atoms with Gasteiger partial charge in [-0.3, -0.25) is 14.7 Å². The monoisotopic (exact) mass is 218 g/mol. The number of phenolic OH excluding ortho intramolecular Hbond substituents is 1. The lowest BCUT2D eigenvalue weighted by Gasteiger charge is -1.98. The highest BCUT2D eigenvalue weighted by Gasteiger charge is 2.24. The average Bonchev–Trinajstić information content (AvgIpc) is 2.01. The number of nitro benzene ring substituents is 1. The first-order valence-corrected chi connectivity index (χ1v) is 4.63. The third-order valence-electron chi connectivity index (χ3n) is 1.35. The fourth-order valence-electron chi connectivity index (χ4n) is 0.805. The van der Waals surface area contributed by atoms with Crippen molar-refractivity contribution in [3.63, 3.8) is 0 Å². The molecule has 1 radical (unpaired) electrons. The predicted molar refractivity (Wildman–Crippen MR) is 43.4 cm³/mol. The zero-order valence-corrected chi connectivity index (χ0v) is 7.35. The van der Waals surface area contributed by atoms with E-state index in [-0.39, 0.29) is 0 Å². The molecule has 2 N–H and O–H groups in total. The summed E-state index contributed by atoms with van der Waals surface area (Å²) in [7, 11) is -4.68. The smallest absolute Gasteiger partial charge is 0.301 e. The molecule has 14 heavy (non-hydrogen) atoms. The Hall–Kier alpha value is -1.67. The lowest BCUT2D eigenvalue weighted by molar-refractivity contribution is -0.388. The molecule has 0 spiro atoms. The van der Waals surface area contributed by atoms with Crippen LogP contribution in [0.1, 0.15) is 0 Å². The number of phenols is 1. The van der Waals surface area contributed by atoms with Crippen LogP contribution >= 0.6 is 0 Å². The fraction of sp³-hybridized carbons (Fsp3) is 0. The van der Waals surface area contributed by atoms with Gasteiger partial charge < -0.3 is 5.11 Å². The molecule has 0 heterocycles. The molecule has 0 unspecified atom stereocenters. The summed E-state index contributed by atoms with van der Waals surface area (Å²) in [5.74, 6) is -0.580. The first-order valence-electron chi connectivity index (χ1n) is 3.19. The van der Waals surface area contributed by atoms with Crippen LogP contribution in [-0.2, 0) is 10.1 Å². The van der Waals surface area contributed by atoms with Gasteiger partial charge in [0.25, 0.3) is 5.69 Å². The Kier molecular flexibility index (Phi) is 2.41. The molecule has 1 aromatic carbocycles. The lowest BCUT2D eigenvalue weighted by Crippen LogP contribution is -2.02. The molecule has 8 heteroatoms. The number of rotatable bonds is 2. The molecule has 0 aliphatic carbocycles. The van der Waals surface area contributed by atoms with Crippen LogP contribution in [0.4, 0.5) is 5.69 Å². The van der Waals surface area contributed by atoms with Crippen LogP contribution in [0.15, 0.2) is 17.0 Å². The van der Waals surface area contributed by atoms with E-state index in [2.05, 4.69) is 0 Å². The largest absolute Gasteiger partial charge is 0.507 e. The molecule has 0 fully saturated rings. The van der Waals surface area contributed by atoms with Crippen LogP contribution in [0, 0.1) is 16.2 Å². The topological polar surface area (TPSA) is 118 Å². The molecule has 0 atom stereocenters.